The number of ether oxygens (including phenoxy) is 4. The first kappa shape index (κ1) is 29.8. The van der Waals surface area contributed by atoms with E-state index < -0.39 is 47.2 Å². The first-order valence-corrected chi connectivity index (χ1v) is 12.8. The highest BCUT2D eigenvalue weighted by molar-refractivity contribution is 5.41. The van der Waals surface area contributed by atoms with Crippen molar-refractivity contribution in [2.24, 2.45) is 0 Å². The van der Waals surface area contributed by atoms with Crippen LogP contribution in [0.25, 0.3) is 11.4 Å². The van der Waals surface area contributed by atoms with Crippen molar-refractivity contribution < 1.29 is 39.0 Å². The molecule has 2 unspecified atom stereocenters. The largest absolute Gasteiger partial charge is 0.394 e. The minimum absolute atomic E-state index is 0.0602. The lowest BCUT2D eigenvalue weighted by Gasteiger charge is -2.43. The molecule has 0 aliphatic carbocycles. The molecule has 5 rings (SSSR count). The van der Waals surface area contributed by atoms with Crippen LogP contribution in [0.3, 0.4) is 0 Å². The van der Waals surface area contributed by atoms with Crippen LogP contribution < -0.4 is 0 Å². The summed E-state index contributed by atoms with van der Waals surface area (Å²) < 4.78 is 26.0. The molecule has 0 spiro atoms. The third kappa shape index (κ3) is 6.69. The molecule has 18 heteroatoms. The Bertz CT molecular complexity index is 1540. The fourth-order valence-corrected chi connectivity index (χ4v) is 4.40. The Kier molecular flexibility index (Phi) is 9.04. The number of rotatable bonds is 12. The lowest BCUT2D eigenvalue weighted by Crippen LogP contribution is -2.60. The van der Waals surface area contributed by atoms with Crippen molar-refractivity contribution in [1.29, 1.82) is 0 Å². The first-order valence-electron chi connectivity index (χ1n) is 12.8. The molecule has 0 radical (unpaired) electrons. The number of aliphatic hydroxyl groups is 2. The smallest absolute Gasteiger partial charge is 0.269 e. The van der Waals surface area contributed by atoms with Gasteiger partial charge in [0.25, 0.3) is 11.4 Å². The number of non-ortho nitro benzene ring substituents is 2. The van der Waals surface area contributed by atoms with Crippen molar-refractivity contribution in [2.45, 2.75) is 43.9 Å². The summed E-state index contributed by atoms with van der Waals surface area (Å²) in [6, 6.07) is 11.5. The van der Waals surface area contributed by atoms with Gasteiger partial charge in [0.05, 0.1) is 53.4 Å². The molecule has 226 valence electrons. The van der Waals surface area contributed by atoms with Crippen molar-refractivity contribution in [3.8, 4) is 11.4 Å². The highest BCUT2D eigenvalue weighted by Crippen LogP contribution is 2.28. The molecule has 0 amide bonds. The molecular weight excluding hydrogens is 572 g/mol. The molecule has 43 heavy (non-hydrogen) atoms. The van der Waals surface area contributed by atoms with E-state index in [0.717, 1.165) is 0 Å². The van der Waals surface area contributed by atoms with E-state index in [0.29, 0.717) is 22.8 Å². The maximum atomic E-state index is 10.9. The number of hydrogen-bond donors (Lipinski definition) is 2. The molecule has 1 saturated heterocycles. The van der Waals surface area contributed by atoms with Crippen LogP contribution in [0.2, 0.25) is 0 Å². The number of methoxy groups -OCH3 is 1. The Morgan fingerprint density at radius 3 is 1.72 bits per heavy atom. The predicted octanol–water partition coefficient (Wildman–Crippen LogP) is 0.859. The Labute approximate surface area is 242 Å². The van der Waals surface area contributed by atoms with Gasteiger partial charge in [-0.3, -0.25) is 20.2 Å². The summed E-state index contributed by atoms with van der Waals surface area (Å²) in [4.78, 5) is 20.8. The molecule has 1 fully saturated rings. The molecule has 0 saturated carbocycles. The van der Waals surface area contributed by atoms with Gasteiger partial charge in [0.15, 0.2) is 6.29 Å². The van der Waals surface area contributed by atoms with Gasteiger partial charge in [-0.2, -0.15) is 0 Å². The summed E-state index contributed by atoms with van der Waals surface area (Å²) in [5, 5.41) is 58.7. The standard InChI is InChI=1S/C25H26N8O10/c1-40-25-24(42-14-16-11-31(29-27-16)18-4-8-20(9-5-18)33(38)39)23(22(35)21(12-34)43-25)41-13-15-10-30(28-26-15)17-2-6-19(7-3-17)32(36)37/h2-11,21-25,34-35H,12-14H2,1H3/t21?,22-,23-,24?,25+/m0/s1. The molecule has 2 N–H and O–H groups in total. The number of nitro groups is 2. The molecule has 1 aliphatic heterocycles. The lowest BCUT2D eigenvalue weighted by molar-refractivity contribution is -0.385. The molecule has 3 heterocycles. The second-order valence-corrected chi connectivity index (χ2v) is 9.36. The average Bonchev–Trinajstić information content (AvgIpc) is 3.70. The zero-order valence-electron chi connectivity index (χ0n) is 22.5. The Morgan fingerprint density at radius 2 is 1.30 bits per heavy atom. The summed E-state index contributed by atoms with van der Waals surface area (Å²) in [6.07, 6.45) is -2.22. The fourth-order valence-electron chi connectivity index (χ4n) is 4.40. The van der Waals surface area contributed by atoms with E-state index in [1.54, 1.807) is 12.4 Å². The van der Waals surface area contributed by atoms with Crippen molar-refractivity contribution in [1.82, 2.24) is 30.0 Å². The number of nitrogens with zero attached hydrogens (tertiary/aromatic N) is 8. The van der Waals surface area contributed by atoms with Crippen LogP contribution >= 0.6 is 0 Å². The summed E-state index contributed by atoms with van der Waals surface area (Å²) >= 11 is 0. The fraction of sp³-hybridized carbons (Fsp3) is 0.360. The van der Waals surface area contributed by atoms with Gasteiger partial charge in [-0.1, -0.05) is 10.4 Å². The number of aliphatic hydroxyl groups excluding tert-OH is 2. The van der Waals surface area contributed by atoms with Crippen molar-refractivity contribution in [3.63, 3.8) is 0 Å². The molecule has 1 aliphatic rings. The van der Waals surface area contributed by atoms with Gasteiger partial charge < -0.3 is 29.2 Å². The van der Waals surface area contributed by atoms with Gasteiger partial charge in [-0.25, -0.2) is 9.36 Å². The lowest BCUT2D eigenvalue weighted by atomic mass is 9.98. The van der Waals surface area contributed by atoms with Gasteiger partial charge >= 0.3 is 0 Å². The molecule has 4 aromatic rings. The summed E-state index contributed by atoms with van der Waals surface area (Å²) in [5.74, 6) is 0. The highest BCUT2D eigenvalue weighted by Gasteiger charge is 2.47. The van der Waals surface area contributed by atoms with Gasteiger partial charge in [0.2, 0.25) is 0 Å². The molecule has 18 nitrogen and oxygen atoms in total. The van der Waals surface area contributed by atoms with Crippen LogP contribution in [0.5, 0.6) is 0 Å². The van der Waals surface area contributed by atoms with E-state index in [-0.39, 0.29) is 24.6 Å². The van der Waals surface area contributed by atoms with Crippen LogP contribution in [0.1, 0.15) is 11.4 Å². The summed E-state index contributed by atoms with van der Waals surface area (Å²) in [7, 11) is 1.38. The van der Waals surface area contributed by atoms with E-state index in [9.17, 15) is 30.4 Å². The second-order valence-electron chi connectivity index (χ2n) is 9.36. The van der Waals surface area contributed by atoms with Crippen molar-refractivity contribution in [3.05, 3.63) is 92.5 Å². The molecule has 2 aromatic heterocycles. The third-order valence-corrected chi connectivity index (χ3v) is 6.61. The topological polar surface area (TPSA) is 225 Å². The number of aromatic nitrogens is 6. The third-order valence-electron chi connectivity index (χ3n) is 6.61. The van der Waals surface area contributed by atoms with E-state index in [2.05, 4.69) is 20.6 Å². The van der Waals surface area contributed by atoms with E-state index in [1.165, 1.54) is 65.0 Å². The maximum absolute atomic E-state index is 10.9. The van der Waals surface area contributed by atoms with Crippen LogP contribution in [-0.2, 0) is 32.2 Å². The van der Waals surface area contributed by atoms with E-state index in [1.807, 2.05) is 0 Å². The van der Waals surface area contributed by atoms with E-state index >= 15 is 0 Å². The van der Waals surface area contributed by atoms with Crippen LogP contribution in [0, 0.1) is 20.2 Å². The first-order chi connectivity index (χ1) is 20.8. The maximum Gasteiger partial charge on any atom is 0.269 e. The quantitative estimate of drug-likeness (QED) is 0.170. The Balaban J connectivity index is 1.27. The van der Waals surface area contributed by atoms with Crippen LogP contribution in [-0.4, -0.2) is 94.5 Å². The van der Waals surface area contributed by atoms with Crippen LogP contribution in [0.4, 0.5) is 11.4 Å². The number of benzene rings is 2. The average molecular weight is 599 g/mol. The number of nitro benzene ring substituents is 2. The molecule has 0 bridgehead atoms. The molecule has 5 atom stereocenters. The van der Waals surface area contributed by atoms with Crippen molar-refractivity contribution in [2.75, 3.05) is 13.7 Å². The van der Waals surface area contributed by atoms with E-state index in [4.69, 9.17) is 18.9 Å². The van der Waals surface area contributed by atoms with Crippen molar-refractivity contribution >= 4 is 11.4 Å². The Morgan fingerprint density at radius 1 is 0.837 bits per heavy atom. The Hall–Kier alpha value is -4.72. The minimum Gasteiger partial charge on any atom is -0.394 e. The molecular formula is C25H26N8O10. The SMILES string of the molecule is CO[C@@H]1OC(CO)[C@H](O)[C@H](OCc2cn(-c3ccc([N+](=O)[O-])cc3)nn2)C1OCc1cn(-c2ccc([N+](=O)[O-])cc2)nn1. The van der Waals surface area contributed by atoms with Gasteiger partial charge in [-0.05, 0) is 24.3 Å². The predicted molar refractivity (Wildman–Crippen MR) is 142 cm³/mol. The monoisotopic (exact) mass is 598 g/mol. The molecule has 2 aromatic carbocycles. The summed E-state index contributed by atoms with van der Waals surface area (Å²) in [6.45, 7) is -0.708. The number of hydrogen-bond acceptors (Lipinski definition) is 14. The van der Waals surface area contributed by atoms with Crippen LogP contribution in [0.15, 0.2) is 60.9 Å². The zero-order valence-corrected chi connectivity index (χ0v) is 22.5. The summed E-state index contributed by atoms with van der Waals surface area (Å²) in [5.41, 5.74) is 1.75. The van der Waals surface area contributed by atoms with Gasteiger partial charge in [0, 0.05) is 31.4 Å². The zero-order chi connectivity index (χ0) is 30.5. The highest BCUT2D eigenvalue weighted by atomic mass is 16.7. The van der Waals surface area contributed by atoms with Gasteiger partial charge in [-0.15, -0.1) is 10.2 Å². The normalized spacial score (nSPS) is 22.0. The second kappa shape index (κ2) is 13.1. The minimum atomic E-state index is -1.30. The van der Waals surface area contributed by atoms with Gasteiger partial charge in [0.1, 0.15) is 35.8 Å².